The van der Waals surface area contributed by atoms with E-state index in [4.69, 9.17) is 10.5 Å². The summed E-state index contributed by atoms with van der Waals surface area (Å²) in [5, 5.41) is 10.8. The van der Waals surface area contributed by atoms with Crippen molar-refractivity contribution in [1.29, 1.82) is 0 Å². The van der Waals surface area contributed by atoms with Gasteiger partial charge in [0.2, 0.25) is 0 Å². The van der Waals surface area contributed by atoms with Gasteiger partial charge in [0.25, 0.3) is 0 Å². The van der Waals surface area contributed by atoms with Gasteiger partial charge in [0, 0.05) is 25.7 Å². The van der Waals surface area contributed by atoms with Crippen LogP contribution in [0.25, 0.3) is 0 Å². The van der Waals surface area contributed by atoms with Gasteiger partial charge in [-0.3, -0.25) is 0 Å². The molecule has 0 saturated carbocycles. The topological polar surface area (TPSA) is 110 Å². The largest absolute Gasteiger partial charge is 0.444 e. The zero-order chi connectivity index (χ0) is 20.3. The van der Waals surface area contributed by atoms with Crippen molar-refractivity contribution in [2.75, 3.05) is 35.6 Å². The molecule has 0 radical (unpaired) electrons. The number of nitrogens with one attached hydrogen (secondary N) is 1. The van der Waals surface area contributed by atoms with Gasteiger partial charge in [-0.1, -0.05) is 0 Å². The summed E-state index contributed by atoms with van der Waals surface area (Å²) in [6, 6.07) is 5.60. The van der Waals surface area contributed by atoms with Crippen LogP contribution in [0, 0.1) is 0 Å². The van der Waals surface area contributed by atoms with E-state index in [0.29, 0.717) is 31.1 Å². The SMILES string of the molecule is C[C@@H]1CN(C(=O)OC(C)(C)C)CCN1c1ccc(N)c(Nc2ccnnc2)n1. The number of nitrogens with zero attached hydrogens (tertiary/aromatic N) is 5. The van der Waals surface area contributed by atoms with Gasteiger partial charge in [0.05, 0.1) is 23.8 Å². The maximum absolute atomic E-state index is 12.3. The smallest absolute Gasteiger partial charge is 0.410 e. The third-order valence-electron chi connectivity index (χ3n) is 4.33. The molecule has 3 heterocycles. The number of amides is 1. The fourth-order valence-electron chi connectivity index (χ4n) is 3.01. The fraction of sp³-hybridized carbons (Fsp3) is 0.474. The molecule has 1 atom stereocenters. The Morgan fingerprint density at radius 1 is 1.25 bits per heavy atom. The van der Waals surface area contributed by atoms with Crippen molar-refractivity contribution < 1.29 is 9.53 Å². The molecule has 1 aliphatic rings. The minimum Gasteiger partial charge on any atom is -0.444 e. The predicted molar refractivity (Wildman–Crippen MR) is 109 cm³/mol. The second kappa shape index (κ2) is 7.87. The van der Waals surface area contributed by atoms with E-state index in [1.165, 1.54) is 0 Å². The van der Waals surface area contributed by atoms with E-state index in [1.807, 2.05) is 32.9 Å². The van der Waals surface area contributed by atoms with Crippen LogP contribution in [-0.2, 0) is 4.74 Å². The number of carbonyl (C=O) groups is 1. The van der Waals surface area contributed by atoms with E-state index in [0.717, 1.165) is 11.5 Å². The molecule has 1 aliphatic heterocycles. The van der Waals surface area contributed by atoms with Crippen LogP contribution in [0.4, 0.5) is 27.8 Å². The summed E-state index contributed by atoms with van der Waals surface area (Å²) in [5.41, 5.74) is 6.87. The first-order chi connectivity index (χ1) is 13.2. The Balaban J connectivity index is 1.71. The number of hydrogen-bond donors (Lipinski definition) is 2. The third-order valence-corrected chi connectivity index (χ3v) is 4.33. The van der Waals surface area contributed by atoms with Crippen molar-refractivity contribution in [3.8, 4) is 0 Å². The first kappa shape index (κ1) is 19.7. The van der Waals surface area contributed by atoms with Crippen LogP contribution in [0.1, 0.15) is 27.7 Å². The van der Waals surface area contributed by atoms with Crippen LogP contribution < -0.4 is 16.0 Å². The van der Waals surface area contributed by atoms with Crippen molar-refractivity contribution in [3.63, 3.8) is 0 Å². The van der Waals surface area contributed by atoms with Crippen molar-refractivity contribution in [3.05, 3.63) is 30.6 Å². The molecule has 0 aromatic carbocycles. The Kier molecular flexibility index (Phi) is 5.53. The molecule has 0 unspecified atom stereocenters. The summed E-state index contributed by atoms with van der Waals surface area (Å²) in [6.45, 7) is 9.48. The molecular formula is C19H27N7O2. The molecule has 3 rings (SSSR count). The first-order valence-corrected chi connectivity index (χ1v) is 9.28. The number of carbonyl (C=O) groups excluding carboxylic acids is 1. The standard InChI is InChI=1S/C19H27N7O2/c1-13-12-25(18(27)28-19(2,3)4)9-10-26(13)16-6-5-15(20)17(24-16)23-14-7-8-21-22-11-14/h5-8,11,13H,9-10,12,20H2,1-4H3,(H,21,23,24)/t13-/m1/s1. The van der Waals surface area contributed by atoms with Crippen LogP contribution in [0.15, 0.2) is 30.6 Å². The molecule has 1 amide bonds. The second-order valence-corrected chi connectivity index (χ2v) is 7.83. The van der Waals surface area contributed by atoms with Gasteiger partial charge in [-0.25, -0.2) is 9.78 Å². The molecule has 1 fully saturated rings. The Hall–Kier alpha value is -3.10. The van der Waals surface area contributed by atoms with E-state index < -0.39 is 5.60 Å². The maximum Gasteiger partial charge on any atom is 0.410 e. The highest BCUT2D eigenvalue weighted by Crippen LogP contribution is 2.26. The molecule has 9 heteroatoms. The van der Waals surface area contributed by atoms with E-state index in [2.05, 4.69) is 32.3 Å². The number of aromatic nitrogens is 3. The monoisotopic (exact) mass is 385 g/mol. The number of nitrogens with two attached hydrogens (primary N) is 1. The second-order valence-electron chi connectivity index (χ2n) is 7.83. The van der Waals surface area contributed by atoms with Gasteiger partial charge >= 0.3 is 6.09 Å². The summed E-state index contributed by atoms with van der Waals surface area (Å²) in [6.07, 6.45) is 2.92. The van der Waals surface area contributed by atoms with Crippen LogP contribution in [0.5, 0.6) is 0 Å². The number of anilines is 4. The van der Waals surface area contributed by atoms with E-state index in [-0.39, 0.29) is 12.1 Å². The maximum atomic E-state index is 12.3. The quantitative estimate of drug-likeness (QED) is 0.830. The van der Waals surface area contributed by atoms with Crippen molar-refractivity contribution >= 4 is 29.1 Å². The molecule has 150 valence electrons. The zero-order valence-electron chi connectivity index (χ0n) is 16.7. The molecule has 2 aromatic heterocycles. The van der Waals surface area contributed by atoms with Crippen LogP contribution in [0.2, 0.25) is 0 Å². The Morgan fingerprint density at radius 2 is 2.04 bits per heavy atom. The number of ether oxygens (including phenoxy) is 1. The Morgan fingerprint density at radius 3 is 2.68 bits per heavy atom. The zero-order valence-corrected chi connectivity index (χ0v) is 16.7. The van der Waals surface area contributed by atoms with Crippen LogP contribution >= 0.6 is 0 Å². The fourth-order valence-corrected chi connectivity index (χ4v) is 3.01. The molecule has 1 saturated heterocycles. The summed E-state index contributed by atoms with van der Waals surface area (Å²) >= 11 is 0. The van der Waals surface area contributed by atoms with Gasteiger partial charge in [-0.05, 0) is 45.9 Å². The molecule has 28 heavy (non-hydrogen) atoms. The van der Waals surface area contributed by atoms with Gasteiger partial charge < -0.3 is 25.6 Å². The van der Waals surface area contributed by atoms with E-state index >= 15 is 0 Å². The molecule has 9 nitrogen and oxygen atoms in total. The summed E-state index contributed by atoms with van der Waals surface area (Å²) in [4.78, 5) is 20.9. The van der Waals surface area contributed by atoms with Gasteiger partial charge in [-0.2, -0.15) is 10.2 Å². The average molecular weight is 385 g/mol. The Labute approximate surface area is 164 Å². The van der Waals surface area contributed by atoms with Crippen molar-refractivity contribution in [2.45, 2.75) is 39.3 Å². The first-order valence-electron chi connectivity index (χ1n) is 9.28. The molecule has 0 bridgehead atoms. The lowest BCUT2D eigenvalue weighted by Crippen LogP contribution is -2.54. The van der Waals surface area contributed by atoms with Crippen molar-refractivity contribution in [2.24, 2.45) is 0 Å². The highest BCUT2D eigenvalue weighted by Gasteiger charge is 2.30. The summed E-state index contributed by atoms with van der Waals surface area (Å²) in [5.74, 6) is 1.36. The number of hydrogen-bond acceptors (Lipinski definition) is 8. The highest BCUT2D eigenvalue weighted by atomic mass is 16.6. The number of nitrogen functional groups attached to an aromatic ring is 1. The lowest BCUT2D eigenvalue weighted by molar-refractivity contribution is 0.0218. The van der Waals surface area contributed by atoms with Crippen LogP contribution in [-0.4, -0.2) is 57.5 Å². The minimum atomic E-state index is -0.502. The van der Waals surface area contributed by atoms with E-state index in [9.17, 15) is 4.79 Å². The van der Waals surface area contributed by atoms with Crippen LogP contribution in [0.3, 0.4) is 0 Å². The average Bonchev–Trinajstić information content (AvgIpc) is 2.63. The predicted octanol–water partition coefficient (Wildman–Crippen LogP) is 2.64. The lowest BCUT2D eigenvalue weighted by Gasteiger charge is -2.40. The molecule has 2 aromatic rings. The molecule has 0 aliphatic carbocycles. The van der Waals surface area contributed by atoms with E-state index in [1.54, 1.807) is 23.4 Å². The number of piperazine rings is 1. The lowest BCUT2D eigenvalue weighted by atomic mass is 10.2. The van der Waals surface area contributed by atoms with Gasteiger partial charge in [-0.15, -0.1) is 0 Å². The minimum absolute atomic E-state index is 0.0906. The van der Waals surface area contributed by atoms with Crippen molar-refractivity contribution in [1.82, 2.24) is 20.1 Å². The number of pyridine rings is 1. The molecule has 0 spiro atoms. The molecular weight excluding hydrogens is 358 g/mol. The third kappa shape index (κ3) is 4.79. The molecule has 3 N–H and O–H groups in total. The number of rotatable bonds is 3. The summed E-state index contributed by atoms with van der Waals surface area (Å²) in [7, 11) is 0. The normalized spacial score (nSPS) is 17.4. The summed E-state index contributed by atoms with van der Waals surface area (Å²) < 4.78 is 5.48. The Bertz CT molecular complexity index is 823. The van der Waals surface area contributed by atoms with Gasteiger partial charge in [0.1, 0.15) is 11.4 Å². The highest BCUT2D eigenvalue weighted by molar-refractivity contribution is 5.71. The van der Waals surface area contributed by atoms with Gasteiger partial charge in [0.15, 0.2) is 5.82 Å².